The monoisotopic (exact) mass is 408 g/mol. The van der Waals surface area contributed by atoms with Gasteiger partial charge in [0.15, 0.2) is 0 Å². The number of nitrogens with one attached hydrogen (secondary N) is 1. The van der Waals surface area contributed by atoms with Gasteiger partial charge in [0.05, 0.1) is 21.7 Å². The Labute approximate surface area is 155 Å². The van der Waals surface area contributed by atoms with Gasteiger partial charge in [0, 0.05) is 6.07 Å². The molecule has 0 unspecified atom stereocenters. The molecule has 0 aliphatic carbocycles. The summed E-state index contributed by atoms with van der Waals surface area (Å²) in [6, 6.07) is 15.6. The maximum absolute atomic E-state index is 12.9. The van der Waals surface area contributed by atoms with Crippen LogP contribution in [-0.4, -0.2) is 21.8 Å². The summed E-state index contributed by atoms with van der Waals surface area (Å²) in [5.74, 6) is 0.864. The van der Waals surface area contributed by atoms with Crippen molar-refractivity contribution >= 4 is 25.9 Å². The van der Waals surface area contributed by atoms with Crippen LogP contribution in [-0.2, 0) is 20.2 Å². The molecule has 0 amide bonds. The zero-order valence-electron chi connectivity index (χ0n) is 13.6. The minimum Gasteiger partial charge on any atom is -0.439 e. The van der Waals surface area contributed by atoms with Gasteiger partial charge in [-0.15, -0.1) is 3.89 Å². The molecule has 140 valence electrons. The minimum absolute atomic E-state index is 0.178. The van der Waals surface area contributed by atoms with Crippen LogP contribution in [0.15, 0.2) is 82.7 Å². The third-order valence-corrected chi connectivity index (χ3v) is 5.60. The van der Waals surface area contributed by atoms with Crippen molar-refractivity contribution in [3.63, 3.8) is 0 Å². The molecule has 0 saturated heterocycles. The number of ether oxygens (including phenoxy) is 1. The van der Waals surface area contributed by atoms with E-state index < -0.39 is 25.1 Å². The van der Waals surface area contributed by atoms with Crippen LogP contribution in [0.4, 0.5) is 9.57 Å². The van der Waals surface area contributed by atoms with Crippen LogP contribution in [0.25, 0.3) is 0 Å². The molecule has 0 saturated carbocycles. The Morgan fingerprint density at radius 1 is 0.815 bits per heavy atom. The lowest BCUT2D eigenvalue weighted by molar-refractivity contribution is 0.463. The molecule has 10 heteroatoms. The van der Waals surface area contributed by atoms with Gasteiger partial charge < -0.3 is 4.74 Å². The molecule has 0 aliphatic rings. The number of halogens is 1. The van der Waals surface area contributed by atoms with Crippen LogP contribution >= 0.6 is 0 Å². The molecule has 1 aromatic heterocycles. The summed E-state index contributed by atoms with van der Waals surface area (Å²) in [6.45, 7) is 0. The summed E-state index contributed by atoms with van der Waals surface area (Å²) in [7, 11) is -8.89. The Bertz CT molecular complexity index is 1130. The van der Waals surface area contributed by atoms with E-state index in [1.54, 1.807) is 24.3 Å². The van der Waals surface area contributed by atoms with Gasteiger partial charge in [-0.2, -0.15) is 8.42 Å². The molecule has 3 rings (SSSR count). The molecular formula is C17H13FN2O5S2. The van der Waals surface area contributed by atoms with Crippen molar-refractivity contribution in [1.82, 2.24) is 4.98 Å². The van der Waals surface area contributed by atoms with Crippen molar-refractivity contribution in [2.45, 2.75) is 9.79 Å². The van der Waals surface area contributed by atoms with Gasteiger partial charge in [0.25, 0.3) is 10.0 Å². The average molecular weight is 408 g/mol. The topological polar surface area (TPSA) is 102 Å². The Morgan fingerprint density at radius 3 is 2.00 bits per heavy atom. The lowest BCUT2D eigenvalue weighted by Crippen LogP contribution is -2.13. The van der Waals surface area contributed by atoms with E-state index in [1.807, 2.05) is 6.07 Å². The van der Waals surface area contributed by atoms with Crippen LogP contribution in [0.3, 0.4) is 0 Å². The van der Waals surface area contributed by atoms with Crippen molar-refractivity contribution < 1.29 is 25.5 Å². The van der Waals surface area contributed by atoms with E-state index in [0.29, 0.717) is 5.75 Å². The average Bonchev–Trinajstić information content (AvgIpc) is 2.63. The third-order valence-electron chi connectivity index (χ3n) is 3.37. The standard InChI is InChI=1S/C17H13FN2O5S2/c18-26(21,22)15-7-9-16(10-8-15)27(23,24)20-13-6-11-17(19-12-13)25-14-4-2-1-3-5-14/h1-12,20H. The first-order valence-electron chi connectivity index (χ1n) is 7.50. The van der Waals surface area contributed by atoms with Gasteiger partial charge in [-0.1, -0.05) is 18.2 Å². The zero-order valence-corrected chi connectivity index (χ0v) is 15.2. The van der Waals surface area contributed by atoms with Crippen LogP contribution in [0.2, 0.25) is 0 Å². The van der Waals surface area contributed by atoms with E-state index in [2.05, 4.69) is 9.71 Å². The van der Waals surface area contributed by atoms with E-state index in [1.165, 1.54) is 18.3 Å². The summed E-state index contributed by atoms with van der Waals surface area (Å²) in [6.07, 6.45) is 1.27. The maximum Gasteiger partial charge on any atom is 0.332 e. The van der Waals surface area contributed by atoms with Crippen molar-refractivity contribution in [1.29, 1.82) is 0 Å². The van der Waals surface area contributed by atoms with Gasteiger partial charge in [-0.05, 0) is 42.5 Å². The smallest absolute Gasteiger partial charge is 0.332 e. The molecule has 2 aromatic carbocycles. The first kappa shape index (κ1) is 18.8. The summed E-state index contributed by atoms with van der Waals surface area (Å²) in [5, 5.41) is 0. The van der Waals surface area contributed by atoms with Crippen LogP contribution in [0.5, 0.6) is 11.6 Å². The molecule has 0 radical (unpaired) electrons. The van der Waals surface area contributed by atoms with E-state index in [9.17, 15) is 20.7 Å². The summed E-state index contributed by atoms with van der Waals surface area (Å²) in [5.41, 5.74) is 0.178. The number of aromatic nitrogens is 1. The fourth-order valence-electron chi connectivity index (χ4n) is 2.11. The van der Waals surface area contributed by atoms with Gasteiger partial charge in [-0.25, -0.2) is 13.4 Å². The van der Waals surface area contributed by atoms with Gasteiger partial charge in [0.2, 0.25) is 5.88 Å². The van der Waals surface area contributed by atoms with Crippen LogP contribution < -0.4 is 9.46 Å². The lowest BCUT2D eigenvalue weighted by atomic mass is 10.3. The number of hydrogen-bond donors (Lipinski definition) is 1. The highest BCUT2D eigenvalue weighted by Gasteiger charge is 2.17. The van der Waals surface area contributed by atoms with Gasteiger partial charge in [0.1, 0.15) is 5.75 Å². The Kier molecular flexibility index (Phi) is 5.10. The fourth-order valence-corrected chi connectivity index (χ4v) is 3.61. The van der Waals surface area contributed by atoms with Gasteiger partial charge in [-0.3, -0.25) is 4.72 Å². The van der Waals surface area contributed by atoms with Crippen molar-refractivity contribution in [3.05, 3.63) is 72.9 Å². The Balaban J connectivity index is 1.74. The number of pyridine rings is 1. The largest absolute Gasteiger partial charge is 0.439 e. The summed E-state index contributed by atoms with van der Waals surface area (Å²) < 4.78 is 66.9. The van der Waals surface area contributed by atoms with Gasteiger partial charge >= 0.3 is 10.2 Å². The molecule has 0 bridgehead atoms. The number of hydrogen-bond acceptors (Lipinski definition) is 6. The molecule has 1 heterocycles. The first-order valence-corrected chi connectivity index (χ1v) is 10.4. The Hall–Kier alpha value is -2.98. The first-order chi connectivity index (χ1) is 12.7. The summed E-state index contributed by atoms with van der Waals surface area (Å²) in [4.78, 5) is 3.18. The molecule has 0 atom stereocenters. The summed E-state index contributed by atoms with van der Waals surface area (Å²) >= 11 is 0. The number of benzene rings is 2. The molecule has 0 fully saturated rings. The molecule has 27 heavy (non-hydrogen) atoms. The molecular weight excluding hydrogens is 395 g/mol. The predicted molar refractivity (Wildman–Crippen MR) is 96.3 cm³/mol. The normalized spacial score (nSPS) is 11.7. The predicted octanol–water partition coefficient (Wildman–Crippen LogP) is 3.33. The number of para-hydroxylation sites is 1. The van der Waals surface area contributed by atoms with Crippen molar-refractivity contribution in [2.75, 3.05) is 4.72 Å². The minimum atomic E-state index is -4.89. The van der Waals surface area contributed by atoms with Crippen LogP contribution in [0.1, 0.15) is 0 Å². The van der Waals surface area contributed by atoms with Crippen molar-refractivity contribution in [2.24, 2.45) is 0 Å². The van der Waals surface area contributed by atoms with E-state index >= 15 is 0 Å². The number of anilines is 1. The molecule has 0 aliphatic heterocycles. The quantitative estimate of drug-likeness (QED) is 0.628. The zero-order chi connectivity index (χ0) is 19.5. The molecule has 0 spiro atoms. The number of sulfonamides is 1. The second-order valence-corrected chi connectivity index (χ2v) is 8.34. The van der Waals surface area contributed by atoms with E-state index in [4.69, 9.17) is 4.74 Å². The third kappa shape index (κ3) is 4.80. The maximum atomic E-state index is 12.9. The highest BCUT2D eigenvalue weighted by atomic mass is 32.3. The Morgan fingerprint density at radius 2 is 1.44 bits per heavy atom. The number of rotatable bonds is 6. The highest BCUT2D eigenvalue weighted by molar-refractivity contribution is 7.92. The number of nitrogens with zero attached hydrogens (tertiary/aromatic N) is 1. The second-order valence-electron chi connectivity index (χ2n) is 5.31. The van der Waals surface area contributed by atoms with E-state index in [0.717, 1.165) is 24.3 Å². The van der Waals surface area contributed by atoms with Crippen molar-refractivity contribution in [3.8, 4) is 11.6 Å². The second kappa shape index (κ2) is 7.33. The fraction of sp³-hybridized carbons (Fsp3) is 0. The SMILES string of the molecule is O=S(=O)(F)c1ccc(S(=O)(=O)Nc2ccc(Oc3ccccc3)nc2)cc1. The molecule has 1 N–H and O–H groups in total. The van der Waals surface area contributed by atoms with Crippen LogP contribution in [0, 0.1) is 0 Å². The highest BCUT2D eigenvalue weighted by Crippen LogP contribution is 2.22. The molecule has 3 aromatic rings. The van der Waals surface area contributed by atoms with E-state index in [-0.39, 0.29) is 16.5 Å². The lowest BCUT2D eigenvalue weighted by Gasteiger charge is -2.09. The molecule has 7 nitrogen and oxygen atoms in total.